The van der Waals surface area contributed by atoms with Crippen molar-refractivity contribution in [3.63, 3.8) is 0 Å². The molecule has 4 aliphatic rings. The maximum absolute atomic E-state index is 12.9. The number of sulfonamides is 1. The number of hydrogen-bond donors (Lipinski definition) is 0. The molecule has 3 aliphatic carbocycles. The first-order valence-electron chi connectivity index (χ1n) is 12.1. The second kappa shape index (κ2) is 9.68. The van der Waals surface area contributed by atoms with E-state index in [-0.39, 0.29) is 10.8 Å². The number of halogens is 1. The van der Waals surface area contributed by atoms with Crippen LogP contribution in [0.3, 0.4) is 0 Å². The number of amides is 1. The van der Waals surface area contributed by atoms with Crippen molar-refractivity contribution in [2.24, 2.45) is 17.3 Å². The lowest BCUT2D eigenvalue weighted by atomic mass is 9.49. The van der Waals surface area contributed by atoms with Gasteiger partial charge in [-0.2, -0.15) is 4.31 Å². The lowest BCUT2D eigenvalue weighted by molar-refractivity contribution is -0.131. The molecule has 0 radical (unpaired) electrons. The maximum Gasteiger partial charge on any atom is 0.243 e. The van der Waals surface area contributed by atoms with Crippen LogP contribution in [0.5, 0.6) is 0 Å². The molecule has 0 spiro atoms. The molecule has 182 valence electrons. The number of carbonyl (C=O) groups excluding carboxylic acids is 1. The second-order valence-electron chi connectivity index (χ2n) is 10.2. The number of hydrogen-bond acceptors (Lipinski definition) is 4. The number of rotatable bonds is 8. The first kappa shape index (κ1) is 24.7. The zero-order valence-corrected chi connectivity index (χ0v) is 21.5. The van der Waals surface area contributed by atoms with Crippen LogP contribution in [-0.4, -0.2) is 74.2 Å². The molecule has 1 amide bonds. The number of piperazine rings is 1. The summed E-state index contributed by atoms with van der Waals surface area (Å²) in [5.41, 5.74) is 1.79. The Morgan fingerprint density at radius 2 is 1.82 bits per heavy atom. The third kappa shape index (κ3) is 5.02. The highest BCUT2D eigenvalue weighted by molar-refractivity contribution is 7.89. The summed E-state index contributed by atoms with van der Waals surface area (Å²) in [6.07, 6.45) is 5.28. The largest absolute Gasteiger partial charge is 0.337 e. The van der Waals surface area contributed by atoms with E-state index in [9.17, 15) is 13.2 Å². The van der Waals surface area contributed by atoms with Crippen LogP contribution in [0.1, 0.15) is 40.0 Å². The van der Waals surface area contributed by atoms with E-state index in [1.54, 1.807) is 28.6 Å². The number of carbonyl (C=O) groups is 1. The molecule has 8 heteroatoms. The van der Waals surface area contributed by atoms with Crippen molar-refractivity contribution in [2.45, 2.75) is 44.9 Å². The molecule has 33 heavy (non-hydrogen) atoms. The molecule has 1 saturated heterocycles. The average molecular weight is 494 g/mol. The van der Waals surface area contributed by atoms with Crippen LogP contribution in [0.2, 0.25) is 5.02 Å². The number of fused-ring (bicyclic) bond motifs is 1. The van der Waals surface area contributed by atoms with Gasteiger partial charge < -0.3 is 4.90 Å². The van der Waals surface area contributed by atoms with Gasteiger partial charge in [-0.1, -0.05) is 44.0 Å². The first-order valence-corrected chi connectivity index (χ1v) is 13.9. The Hall–Kier alpha value is -1.41. The number of allylic oxidation sites excluding steroid dienone is 1. The molecular weight excluding hydrogens is 458 g/mol. The third-order valence-electron chi connectivity index (χ3n) is 8.08. The highest BCUT2D eigenvalue weighted by atomic mass is 35.5. The van der Waals surface area contributed by atoms with E-state index in [0.29, 0.717) is 55.5 Å². The lowest BCUT2D eigenvalue weighted by Gasteiger charge is -2.57. The molecule has 2 bridgehead atoms. The van der Waals surface area contributed by atoms with Gasteiger partial charge in [-0.15, -0.1) is 0 Å². The normalized spacial score (nSPS) is 25.3. The Morgan fingerprint density at radius 1 is 1.15 bits per heavy atom. The van der Waals surface area contributed by atoms with E-state index in [4.69, 9.17) is 11.6 Å². The summed E-state index contributed by atoms with van der Waals surface area (Å²) in [5.74, 6) is 1.59. The average Bonchev–Trinajstić information content (AvgIpc) is 2.81. The predicted octanol–water partition coefficient (Wildman–Crippen LogP) is 3.88. The van der Waals surface area contributed by atoms with E-state index >= 15 is 0 Å². The zero-order chi connectivity index (χ0) is 23.8. The van der Waals surface area contributed by atoms with Crippen LogP contribution in [0.15, 0.2) is 40.8 Å². The molecule has 5 rings (SSSR count). The Kier molecular flexibility index (Phi) is 7.25. The number of nitrogens with zero attached hydrogens (tertiary/aromatic N) is 3. The summed E-state index contributed by atoms with van der Waals surface area (Å²) in [4.78, 5) is 17.2. The fourth-order valence-corrected chi connectivity index (χ4v) is 7.15. The summed E-state index contributed by atoms with van der Waals surface area (Å²) in [7, 11) is -3.51. The van der Waals surface area contributed by atoms with Crippen LogP contribution in [0, 0.1) is 17.3 Å². The molecule has 1 aromatic carbocycles. The highest BCUT2D eigenvalue weighted by Crippen LogP contribution is 2.59. The zero-order valence-electron chi connectivity index (χ0n) is 20.0. The molecule has 1 aromatic rings. The van der Waals surface area contributed by atoms with E-state index in [2.05, 4.69) is 24.8 Å². The quantitative estimate of drug-likeness (QED) is 0.516. The van der Waals surface area contributed by atoms with E-state index in [0.717, 1.165) is 25.4 Å². The summed E-state index contributed by atoms with van der Waals surface area (Å²) >= 11 is 5.90. The first-order chi connectivity index (χ1) is 15.6. The molecule has 1 saturated carbocycles. The van der Waals surface area contributed by atoms with Gasteiger partial charge in [0.2, 0.25) is 15.9 Å². The van der Waals surface area contributed by atoms with Crippen LogP contribution in [0.4, 0.5) is 0 Å². The molecule has 1 heterocycles. The summed E-state index contributed by atoms with van der Waals surface area (Å²) in [6.45, 7) is 11.1. The molecular formula is C25H36ClN3O3S. The fourth-order valence-electron chi connectivity index (χ4n) is 5.60. The summed E-state index contributed by atoms with van der Waals surface area (Å²) in [5, 5.41) is 0.523. The molecule has 0 aromatic heterocycles. The molecule has 1 aliphatic heterocycles. The van der Waals surface area contributed by atoms with E-state index in [1.165, 1.54) is 12.0 Å². The SMILES string of the molecule is CCC(=O)N(CCN1CCN(S(=O)(=O)c2ccc(Cl)cc2)CC1)CC1=CCC2CC1C2(C)C. The highest BCUT2D eigenvalue weighted by Gasteiger charge is 2.51. The van der Waals surface area contributed by atoms with Crippen molar-refractivity contribution in [3.8, 4) is 0 Å². The Balaban J connectivity index is 1.31. The van der Waals surface area contributed by atoms with Crippen molar-refractivity contribution in [2.75, 3.05) is 45.8 Å². The second-order valence-corrected chi connectivity index (χ2v) is 12.6. The van der Waals surface area contributed by atoms with Gasteiger partial charge in [0.15, 0.2) is 0 Å². The van der Waals surface area contributed by atoms with Crippen molar-refractivity contribution in [1.29, 1.82) is 0 Å². The van der Waals surface area contributed by atoms with Gasteiger partial charge in [0.1, 0.15) is 0 Å². The van der Waals surface area contributed by atoms with Crippen LogP contribution >= 0.6 is 11.6 Å². The van der Waals surface area contributed by atoms with Gasteiger partial charge in [0, 0.05) is 57.3 Å². The number of benzene rings is 1. The van der Waals surface area contributed by atoms with Gasteiger partial charge in [-0.3, -0.25) is 9.69 Å². The Morgan fingerprint density at radius 3 is 2.39 bits per heavy atom. The van der Waals surface area contributed by atoms with Gasteiger partial charge in [0.25, 0.3) is 0 Å². The van der Waals surface area contributed by atoms with Crippen LogP contribution < -0.4 is 0 Å². The van der Waals surface area contributed by atoms with Crippen molar-refractivity contribution in [3.05, 3.63) is 40.9 Å². The minimum Gasteiger partial charge on any atom is -0.337 e. The minimum atomic E-state index is -3.51. The lowest BCUT2D eigenvalue weighted by Crippen LogP contribution is -2.52. The predicted molar refractivity (Wildman–Crippen MR) is 132 cm³/mol. The monoisotopic (exact) mass is 493 g/mol. The summed E-state index contributed by atoms with van der Waals surface area (Å²) in [6, 6.07) is 6.33. The Bertz CT molecular complexity index is 998. The fraction of sp³-hybridized carbons (Fsp3) is 0.640. The molecule has 2 atom stereocenters. The third-order valence-corrected chi connectivity index (χ3v) is 10.2. The summed E-state index contributed by atoms with van der Waals surface area (Å²) < 4.78 is 27.4. The Labute approximate surface area is 203 Å². The standard InChI is InChI=1S/C25H36ClN3O3S/c1-4-24(30)28(18-19-5-6-20-17-23(19)25(20,2)3)14-11-27-12-15-29(16-13-27)33(31,32)22-9-7-21(26)8-10-22/h5,7-10,20,23H,4,6,11-18H2,1-3H3. The van der Waals surface area contributed by atoms with E-state index < -0.39 is 10.0 Å². The minimum absolute atomic E-state index is 0.194. The molecule has 2 fully saturated rings. The van der Waals surface area contributed by atoms with E-state index in [1.807, 2.05) is 11.8 Å². The van der Waals surface area contributed by atoms with Gasteiger partial charge >= 0.3 is 0 Å². The van der Waals surface area contributed by atoms with Crippen molar-refractivity contribution >= 4 is 27.5 Å². The molecule has 0 N–H and O–H groups in total. The maximum atomic E-state index is 12.9. The molecule has 2 unspecified atom stereocenters. The van der Waals surface area contributed by atoms with Crippen LogP contribution in [-0.2, 0) is 14.8 Å². The smallest absolute Gasteiger partial charge is 0.243 e. The van der Waals surface area contributed by atoms with Crippen molar-refractivity contribution in [1.82, 2.24) is 14.1 Å². The van der Waals surface area contributed by atoms with Gasteiger partial charge in [-0.05, 0) is 54.4 Å². The van der Waals surface area contributed by atoms with Gasteiger partial charge in [0.05, 0.1) is 4.90 Å². The topological polar surface area (TPSA) is 60.9 Å². The molecule has 6 nitrogen and oxygen atoms in total. The van der Waals surface area contributed by atoms with Gasteiger partial charge in [-0.25, -0.2) is 8.42 Å². The van der Waals surface area contributed by atoms with Crippen molar-refractivity contribution < 1.29 is 13.2 Å². The van der Waals surface area contributed by atoms with Crippen LogP contribution in [0.25, 0.3) is 0 Å².